The van der Waals surface area contributed by atoms with Crippen molar-refractivity contribution in [1.29, 1.82) is 0 Å². The van der Waals surface area contributed by atoms with Gasteiger partial charge in [-0.05, 0) is 24.1 Å². The fourth-order valence-corrected chi connectivity index (χ4v) is 2.21. The maximum atomic E-state index is 6.21. The number of rotatable bonds is 5. The van der Waals surface area contributed by atoms with E-state index in [1.807, 2.05) is 49.4 Å². The predicted octanol–water partition coefficient (Wildman–Crippen LogP) is 4.25. The number of ether oxygens (including phenoxy) is 1. The molecule has 2 N–H and O–H groups in total. The summed E-state index contributed by atoms with van der Waals surface area (Å²) < 4.78 is 5.85. The summed E-state index contributed by atoms with van der Waals surface area (Å²) in [6.45, 7) is 2.47. The maximum Gasteiger partial charge on any atom is 0.104 e. The summed E-state index contributed by atoms with van der Waals surface area (Å²) in [7, 11) is 0. The molecule has 2 nitrogen and oxygen atoms in total. The lowest BCUT2D eigenvalue weighted by Crippen LogP contribution is -2.09. The van der Waals surface area contributed by atoms with Gasteiger partial charge in [0.1, 0.15) is 4.99 Å². The zero-order valence-corrected chi connectivity index (χ0v) is 12.7. The summed E-state index contributed by atoms with van der Waals surface area (Å²) >= 11 is 11.1. The Bertz CT molecular complexity index is 601. The minimum absolute atomic E-state index is 0.0162. The summed E-state index contributed by atoms with van der Waals surface area (Å²) in [5, 5.41) is 0.621. The van der Waals surface area contributed by atoms with Crippen molar-refractivity contribution in [3.63, 3.8) is 0 Å². The highest BCUT2D eigenvalue weighted by molar-refractivity contribution is 7.80. The molecule has 0 aliphatic carbocycles. The summed E-state index contributed by atoms with van der Waals surface area (Å²) in [6.07, 6.45) is 0.0162. The topological polar surface area (TPSA) is 35.2 Å². The van der Waals surface area contributed by atoms with E-state index in [0.29, 0.717) is 16.6 Å². The fourth-order valence-electron chi connectivity index (χ4n) is 1.85. The molecule has 0 spiro atoms. The standard InChI is InChI=1S/C16H16ClNOS/c1-11(12-5-3-2-4-6-12)19-10-14-8-7-13(16(18)20)9-15(14)17/h2-9,11H,10H2,1H3,(H2,18,20). The van der Waals surface area contributed by atoms with Crippen molar-refractivity contribution >= 4 is 28.8 Å². The molecule has 2 aromatic rings. The molecule has 2 rings (SSSR count). The van der Waals surface area contributed by atoms with Gasteiger partial charge in [0.2, 0.25) is 0 Å². The van der Waals surface area contributed by atoms with Crippen LogP contribution in [0.5, 0.6) is 0 Å². The van der Waals surface area contributed by atoms with Crippen LogP contribution in [0.1, 0.15) is 29.7 Å². The quantitative estimate of drug-likeness (QED) is 0.839. The average molecular weight is 306 g/mol. The van der Waals surface area contributed by atoms with Gasteiger partial charge in [-0.25, -0.2) is 0 Å². The van der Waals surface area contributed by atoms with Gasteiger partial charge in [0.25, 0.3) is 0 Å². The van der Waals surface area contributed by atoms with E-state index in [2.05, 4.69) is 0 Å². The van der Waals surface area contributed by atoms with E-state index in [-0.39, 0.29) is 6.10 Å². The van der Waals surface area contributed by atoms with Crippen molar-refractivity contribution in [2.75, 3.05) is 0 Å². The summed E-state index contributed by atoms with van der Waals surface area (Å²) in [6, 6.07) is 15.6. The molecule has 104 valence electrons. The van der Waals surface area contributed by atoms with Crippen molar-refractivity contribution in [3.8, 4) is 0 Å². The van der Waals surface area contributed by atoms with E-state index in [1.54, 1.807) is 6.07 Å². The molecule has 1 atom stereocenters. The first-order valence-corrected chi connectivity index (χ1v) is 7.11. The van der Waals surface area contributed by atoms with Gasteiger partial charge in [-0.2, -0.15) is 0 Å². The Kier molecular flexibility index (Phi) is 5.12. The minimum Gasteiger partial charge on any atom is -0.389 e. The third kappa shape index (κ3) is 3.79. The van der Waals surface area contributed by atoms with Crippen LogP contribution in [0.3, 0.4) is 0 Å². The van der Waals surface area contributed by atoms with Crippen molar-refractivity contribution in [2.24, 2.45) is 5.73 Å². The molecule has 0 saturated carbocycles. The van der Waals surface area contributed by atoms with E-state index in [0.717, 1.165) is 16.7 Å². The molecule has 1 unspecified atom stereocenters. The van der Waals surface area contributed by atoms with Crippen LogP contribution in [0.15, 0.2) is 48.5 Å². The van der Waals surface area contributed by atoms with Gasteiger partial charge in [0.05, 0.1) is 12.7 Å². The summed E-state index contributed by atoms with van der Waals surface area (Å²) in [4.78, 5) is 0.344. The van der Waals surface area contributed by atoms with Gasteiger partial charge in [0.15, 0.2) is 0 Å². The lowest BCUT2D eigenvalue weighted by molar-refractivity contribution is 0.0526. The number of hydrogen-bond acceptors (Lipinski definition) is 2. The molecule has 0 aliphatic rings. The van der Waals surface area contributed by atoms with E-state index in [9.17, 15) is 0 Å². The van der Waals surface area contributed by atoms with E-state index in [1.165, 1.54) is 0 Å². The number of benzene rings is 2. The van der Waals surface area contributed by atoms with Gasteiger partial charge in [-0.1, -0.05) is 66.3 Å². The maximum absolute atomic E-state index is 6.21. The summed E-state index contributed by atoms with van der Waals surface area (Å²) in [5.41, 5.74) is 8.41. The molecule has 0 aromatic heterocycles. The van der Waals surface area contributed by atoms with Crippen LogP contribution in [0.2, 0.25) is 5.02 Å². The first-order chi connectivity index (χ1) is 9.58. The van der Waals surface area contributed by atoms with E-state index in [4.69, 9.17) is 34.3 Å². The normalized spacial score (nSPS) is 12.1. The van der Waals surface area contributed by atoms with Crippen LogP contribution >= 0.6 is 23.8 Å². The Morgan fingerprint density at radius 3 is 2.55 bits per heavy atom. The SMILES string of the molecule is CC(OCc1ccc(C(N)=S)cc1Cl)c1ccccc1. The second kappa shape index (κ2) is 6.84. The van der Waals surface area contributed by atoms with Crippen LogP contribution < -0.4 is 5.73 Å². The molecule has 0 heterocycles. The van der Waals surface area contributed by atoms with Gasteiger partial charge in [-0.15, -0.1) is 0 Å². The molecule has 0 bridgehead atoms. The first kappa shape index (κ1) is 15.0. The monoisotopic (exact) mass is 305 g/mol. The van der Waals surface area contributed by atoms with Crippen LogP contribution in [0.25, 0.3) is 0 Å². The first-order valence-electron chi connectivity index (χ1n) is 6.32. The van der Waals surface area contributed by atoms with Crippen molar-refractivity contribution < 1.29 is 4.74 Å². The average Bonchev–Trinajstić information content (AvgIpc) is 2.46. The Hall–Kier alpha value is -1.42. The molecule has 4 heteroatoms. The van der Waals surface area contributed by atoms with Gasteiger partial charge >= 0.3 is 0 Å². The molecular weight excluding hydrogens is 290 g/mol. The highest BCUT2D eigenvalue weighted by atomic mass is 35.5. The third-order valence-corrected chi connectivity index (χ3v) is 3.68. The highest BCUT2D eigenvalue weighted by Crippen LogP contribution is 2.23. The Morgan fingerprint density at radius 2 is 1.95 bits per heavy atom. The molecule has 2 aromatic carbocycles. The van der Waals surface area contributed by atoms with Crippen molar-refractivity contribution in [1.82, 2.24) is 0 Å². The summed E-state index contributed by atoms with van der Waals surface area (Å²) in [5.74, 6) is 0. The molecule has 0 fully saturated rings. The predicted molar refractivity (Wildman–Crippen MR) is 87.0 cm³/mol. The molecule has 0 aliphatic heterocycles. The third-order valence-electron chi connectivity index (χ3n) is 3.10. The minimum atomic E-state index is 0.0162. The number of nitrogens with two attached hydrogens (primary N) is 1. The fraction of sp³-hybridized carbons (Fsp3) is 0.188. The van der Waals surface area contributed by atoms with Gasteiger partial charge in [0, 0.05) is 10.6 Å². The van der Waals surface area contributed by atoms with Gasteiger partial charge < -0.3 is 10.5 Å². The van der Waals surface area contributed by atoms with Crippen LogP contribution in [0.4, 0.5) is 0 Å². The number of thiocarbonyl (C=S) groups is 1. The highest BCUT2D eigenvalue weighted by Gasteiger charge is 2.08. The largest absolute Gasteiger partial charge is 0.389 e. The van der Waals surface area contributed by atoms with Crippen LogP contribution in [-0.4, -0.2) is 4.99 Å². The second-order valence-corrected chi connectivity index (χ2v) is 5.38. The van der Waals surface area contributed by atoms with E-state index < -0.39 is 0 Å². The second-order valence-electron chi connectivity index (χ2n) is 4.53. The Morgan fingerprint density at radius 1 is 1.25 bits per heavy atom. The smallest absolute Gasteiger partial charge is 0.104 e. The lowest BCUT2D eigenvalue weighted by atomic mass is 10.1. The molecule has 20 heavy (non-hydrogen) atoms. The Balaban J connectivity index is 2.02. The number of hydrogen-bond donors (Lipinski definition) is 1. The molecular formula is C16H16ClNOS. The van der Waals surface area contributed by atoms with Crippen molar-refractivity contribution in [3.05, 3.63) is 70.2 Å². The number of halogens is 1. The Labute approximate surface area is 129 Å². The zero-order chi connectivity index (χ0) is 14.5. The van der Waals surface area contributed by atoms with E-state index >= 15 is 0 Å². The molecule has 0 saturated heterocycles. The lowest BCUT2D eigenvalue weighted by Gasteiger charge is -2.14. The van der Waals surface area contributed by atoms with Crippen LogP contribution in [0, 0.1) is 0 Å². The zero-order valence-electron chi connectivity index (χ0n) is 11.2. The van der Waals surface area contributed by atoms with Gasteiger partial charge in [-0.3, -0.25) is 0 Å². The molecule has 0 amide bonds. The van der Waals surface area contributed by atoms with Crippen molar-refractivity contribution in [2.45, 2.75) is 19.6 Å². The van der Waals surface area contributed by atoms with Crippen LogP contribution in [-0.2, 0) is 11.3 Å². The molecule has 0 radical (unpaired) electrons.